The minimum absolute atomic E-state index is 0.0116. The summed E-state index contributed by atoms with van der Waals surface area (Å²) < 4.78 is 22.8. The van der Waals surface area contributed by atoms with Crippen molar-refractivity contribution in [2.75, 3.05) is 13.1 Å². The molecule has 9 heteroatoms. The molecule has 0 saturated heterocycles. The highest BCUT2D eigenvalue weighted by Crippen LogP contribution is 2.43. The van der Waals surface area contributed by atoms with E-state index in [1.807, 2.05) is 6.07 Å². The molecule has 2 heterocycles. The van der Waals surface area contributed by atoms with E-state index in [4.69, 9.17) is 22.1 Å². The molecule has 0 radical (unpaired) electrons. The van der Waals surface area contributed by atoms with Gasteiger partial charge in [-0.15, -0.1) is 0 Å². The number of nitriles is 1. The summed E-state index contributed by atoms with van der Waals surface area (Å²) >= 11 is 6.22. The monoisotopic (exact) mass is 465 g/mol. The van der Waals surface area contributed by atoms with E-state index in [-0.39, 0.29) is 39.8 Å². The fourth-order valence-corrected chi connectivity index (χ4v) is 4.44. The minimum Gasteiger partial charge on any atom is -0.489 e. The second-order valence-electron chi connectivity index (χ2n) is 8.32. The standard InChI is InChI=1S/C24H21ClFN5O2/c1-31-23(21-17(9-28)20(33-14-3-4-14)7-19(25)22(21)26)18(11-30-31)12-2-5-15-16(6-12)13(8-27)10-29-24(15)32/h2,5-7,11,13-14H,3-4,8,10,27H2,1H3,(H,29,32). The van der Waals surface area contributed by atoms with E-state index < -0.39 is 5.82 Å². The van der Waals surface area contributed by atoms with Crippen molar-refractivity contribution >= 4 is 17.5 Å². The van der Waals surface area contributed by atoms with E-state index in [1.54, 1.807) is 25.4 Å². The van der Waals surface area contributed by atoms with Gasteiger partial charge in [-0.3, -0.25) is 9.48 Å². The van der Waals surface area contributed by atoms with Crippen LogP contribution in [0, 0.1) is 17.1 Å². The average Bonchev–Trinajstić information content (AvgIpc) is 3.55. The molecule has 2 aromatic carbocycles. The summed E-state index contributed by atoms with van der Waals surface area (Å²) in [4.78, 5) is 12.3. The number of nitrogens with one attached hydrogen (secondary N) is 1. The van der Waals surface area contributed by atoms with E-state index in [0.717, 1.165) is 24.0 Å². The molecular weight excluding hydrogens is 445 g/mol. The van der Waals surface area contributed by atoms with Crippen LogP contribution in [0.3, 0.4) is 0 Å². The van der Waals surface area contributed by atoms with E-state index in [1.165, 1.54) is 10.7 Å². The van der Waals surface area contributed by atoms with Gasteiger partial charge in [0, 0.05) is 43.2 Å². The van der Waals surface area contributed by atoms with Gasteiger partial charge in [0.1, 0.15) is 17.4 Å². The van der Waals surface area contributed by atoms with Gasteiger partial charge < -0.3 is 15.8 Å². The molecule has 3 aromatic rings. The number of aromatic nitrogens is 2. The number of aryl methyl sites for hydroxylation is 1. The van der Waals surface area contributed by atoms with Crippen molar-refractivity contribution < 1.29 is 13.9 Å². The van der Waals surface area contributed by atoms with E-state index in [2.05, 4.69) is 16.5 Å². The molecule has 168 valence electrons. The van der Waals surface area contributed by atoms with Gasteiger partial charge in [0.15, 0.2) is 5.82 Å². The number of carbonyl (C=O) groups is 1. The Hall–Kier alpha value is -3.41. The molecule has 1 unspecified atom stereocenters. The first-order chi connectivity index (χ1) is 15.9. The van der Waals surface area contributed by atoms with Crippen molar-refractivity contribution in [1.82, 2.24) is 15.1 Å². The Bertz CT molecular complexity index is 1330. The number of carbonyl (C=O) groups excluding carboxylic acids is 1. The highest BCUT2D eigenvalue weighted by Gasteiger charge is 2.30. The van der Waals surface area contributed by atoms with Gasteiger partial charge in [0.25, 0.3) is 5.91 Å². The first-order valence-corrected chi connectivity index (χ1v) is 11.0. The normalized spacial score (nSPS) is 17.3. The fourth-order valence-electron chi connectivity index (χ4n) is 4.25. The number of hydrogen-bond acceptors (Lipinski definition) is 5. The van der Waals surface area contributed by atoms with Gasteiger partial charge >= 0.3 is 0 Å². The second-order valence-corrected chi connectivity index (χ2v) is 8.73. The molecule has 2 aliphatic rings. The van der Waals surface area contributed by atoms with Crippen molar-refractivity contribution in [3.63, 3.8) is 0 Å². The maximum Gasteiger partial charge on any atom is 0.251 e. The maximum absolute atomic E-state index is 15.4. The van der Waals surface area contributed by atoms with Gasteiger partial charge in [0.05, 0.1) is 28.6 Å². The number of hydrogen-bond donors (Lipinski definition) is 2. The number of nitrogens with two attached hydrogens (primary N) is 1. The van der Waals surface area contributed by atoms with Crippen molar-refractivity contribution in [3.05, 3.63) is 58.0 Å². The summed E-state index contributed by atoms with van der Waals surface area (Å²) in [5.41, 5.74) is 9.19. The van der Waals surface area contributed by atoms with Crippen molar-refractivity contribution in [2.24, 2.45) is 12.8 Å². The molecular formula is C24H21ClFN5O2. The summed E-state index contributed by atoms with van der Waals surface area (Å²) in [6.45, 7) is 0.828. The summed E-state index contributed by atoms with van der Waals surface area (Å²) in [6.07, 6.45) is 3.40. The zero-order chi connectivity index (χ0) is 23.3. The zero-order valence-corrected chi connectivity index (χ0v) is 18.6. The van der Waals surface area contributed by atoms with Crippen LogP contribution in [0.4, 0.5) is 4.39 Å². The molecule has 33 heavy (non-hydrogen) atoms. The second kappa shape index (κ2) is 8.18. The summed E-state index contributed by atoms with van der Waals surface area (Å²) in [6, 6.07) is 8.87. The molecule has 1 saturated carbocycles. The van der Waals surface area contributed by atoms with Crippen molar-refractivity contribution in [1.29, 1.82) is 5.26 Å². The lowest BCUT2D eigenvalue weighted by Gasteiger charge is -2.25. The first kappa shape index (κ1) is 21.4. The van der Waals surface area contributed by atoms with Crippen molar-refractivity contribution in [2.45, 2.75) is 24.9 Å². The maximum atomic E-state index is 15.4. The Labute approximate surface area is 194 Å². The van der Waals surface area contributed by atoms with Gasteiger partial charge in [-0.1, -0.05) is 17.7 Å². The van der Waals surface area contributed by atoms with Gasteiger partial charge in [0.2, 0.25) is 0 Å². The van der Waals surface area contributed by atoms with Crippen LogP contribution >= 0.6 is 11.6 Å². The van der Waals surface area contributed by atoms with E-state index in [9.17, 15) is 10.1 Å². The largest absolute Gasteiger partial charge is 0.489 e. The van der Waals surface area contributed by atoms with Crippen LogP contribution in [-0.4, -0.2) is 34.9 Å². The molecule has 3 N–H and O–H groups in total. The molecule has 1 aliphatic carbocycles. The lowest BCUT2D eigenvalue weighted by Crippen LogP contribution is -2.37. The van der Waals surface area contributed by atoms with Gasteiger partial charge in [-0.2, -0.15) is 10.4 Å². The number of amides is 1. The van der Waals surface area contributed by atoms with Crippen LogP contribution in [0.15, 0.2) is 30.5 Å². The predicted molar refractivity (Wildman–Crippen MR) is 122 cm³/mol. The lowest BCUT2D eigenvalue weighted by atomic mass is 9.87. The van der Waals surface area contributed by atoms with Crippen LogP contribution in [-0.2, 0) is 7.05 Å². The highest BCUT2D eigenvalue weighted by molar-refractivity contribution is 6.31. The van der Waals surface area contributed by atoms with Gasteiger partial charge in [-0.25, -0.2) is 4.39 Å². The quantitative estimate of drug-likeness (QED) is 0.597. The average molecular weight is 466 g/mol. The fraction of sp³-hybridized carbons (Fsp3) is 0.292. The molecule has 1 aromatic heterocycles. The molecule has 1 aliphatic heterocycles. The third-order valence-electron chi connectivity index (χ3n) is 6.13. The Morgan fingerprint density at radius 3 is 2.85 bits per heavy atom. The number of fused-ring (bicyclic) bond motifs is 1. The molecule has 5 rings (SSSR count). The van der Waals surface area contributed by atoms with Crippen LogP contribution in [0.1, 0.15) is 40.2 Å². The third kappa shape index (κ3) is 3.63. The number of benzene rings is 2. The van der Waals surface area contributed by atoms with Crippen LogP contribution < -0.4 is 15.8 Å². The third-order valence-corrected chi connectivity index (χ3v) is 6.40. The zero-order valence-electron chi connectivity index (χ0n) is 17.9. The van der Waals surface area contributed by atoms with Crippen LogP contribution in [0.25, 0.3) is 22.4 Å². The molecule has 7 nitrogen and oxygen atoms in total. The van der Waals surface area contributed by atoms with Crippen LogP contribution in [0.5, 0.6) is 5.75 Å². The number of rotatable bonds is 5. The summed E-state index contributed by atoms with van der Waals surface area (Å²) in [7, 11) is 1.68. The van der Waals surface area contributed by atoms with E-state index in [0.29, 0.717) is 29.9 Å². The first-order valence-electron chi connectivity index (χ1n) is 10.7. The lowest BCUT2D eigenvalue weighted by molar-refractivity contribution is 0.0940. The smallest absolute Gasteiger partial charge is 0.251 e. The van der Waals surface area contributed by atoms with Crippen LogP contribution in [0.2, 0.25) is 5.02 Å². The SMILES string of the molecule is Cn1ncc(-c2ccc3c(c2)C(CN)CNC3=O)c1-c1c(F)c(Cl)cc(OC2CC2)c1C#N. The number of ether oxygens (including phenoxy) is 1. The summed E-state index contributed by atoms with van der Waals surface area (Å²) in [5, 5.41) is 17.0. The Morgan fingerprint density at radius 2 is 2.15 bits per heavy atom. The molecule has 0 bridgehead atoms. The summed E-state index contributed by atoms with van der Waals surface area (Å²) in [5.74, 6) is -0.631. The van der Waals surface area contributed by atoms with Gasteiger partial charge in [-0.05, 0) is 36.1 Å². The topological polar surface area (TPSA) is 106 Å². The molecule has 1 atom stereocenters. The molecule has 1 fully saturated rings. The van der Waals surface area contributed by atoms with Crippen molar-refractivity contribution in [3.8, 4) is 34.2 Å². The minimum atomic E-state index is -0.710. The highest BCUT2D eigenvalue weighted by atomic mass is 35.5. The van der Waals surface area contributed by atoms with E-state index >= 15 is 4.39 Å². The Balaban J connectivity index is 1.71. The molecule has 0 spiro atoms. The Morgan fingerprint density at radius 1 is 1.36 bits per heavy atom. The number of halogens is 2. The molecule has 1 amide bonds. The Kier molecular flexibility index (Phi) is 5.31. The predicted octanol–water partition coefficient (Wildman–Crippen LogP) is 3.75. The number of nitrogens with zero attached hydrogens (tertiary/aromatic N) is 3.